The molecule has 1 aromatic carbocycles. The van der Waals surface area contributed by atoms with Gasteiger partial charge in [0, 0.05) is 18.5 Å². The molecule has 1 radical (unpaired) electrons. The zero-order chi connectivity index (χ0) is 11.0. The normalized spacial score (nSPS) is 23.1. The summed E-state index contributed by atoms with van der Waals surface area (Å²) in [7, 11) is 0. The molecule has 79 valence electrons. The lowest BCUT2D eigenvalue weighted by Gasteiger charge is -2.16. The lowest BCUT2D eigenvalue weighted by atomic mass is 9.92. The van der Waals surface area contributed by atoms with Gasteiger partial charge in [-0.05, 0) is 17.2 Å². The molecule has 0 saturated heterocycles. The Hall–Kier alpha value is -1.67. The highest BCUT2D eigenvalue weighted by Crippen LogP contribution is 2.32. The van der Waals surface area contributed by atoms with Gasteiger partial charge < -0.3 is 5.32 Å². The SMILES string of the molecule is O=C1CC=C[C]=C1C1NCc2ccccc21. The standard InChI is InChI=1S/C14H12NO/c16-13-8-4-3-7-12(13)14-11-6-2-1-5-10(11)9-15-14/h1-6,14-15H,8-9H2. The van der Waals surface area contributed by atoms with E-state index in [1.54, 1.807) is 0 Å². The highest BCUT2D eigenvalue weighted by molar-refractivity contribution is 5.98. The van der Waals surface area contributed by atoms with Crippen molar-refractivity contribution in [2.24, 2.45) is 0 Å². The summed E-state index contributed by atoms with van der Waals surface area (Å²) in [5.41, 5.74) is 3.27. The number of carbonyl (C=O) groups excluding carboxylic acids is 1. The van der Waals surface area contributed by atoms with Crippen molar-refractivity contribution < 1.29 is 4.79 Å². The van der Waals surface area contributed by atoms with Crippen molar-refractivity contribution in [1.29, 1.82) is 0 Å². The monoisotopic (exact) mass is 210 g/mol. The molecule has 16 heavy (non-hydrogen) atoms. The minimum Gasteiger partial charge on any atom is -0.302 e. The molecule has 1 aromatic rings. The van der Waals surface area contributed by atoms with Crippen molar-refractivity contribution in [1.82, 2.24) is 5.32 Å². The van der Waals surface area contributed by atoms with Crippen LogP contribution in [0.25, 0.3) is 0 Å². The largest absolute Gasteiger partial charge is 0.302 e. The molecule has 0 saturated carbocycles. The van der Waals surface area contributed by atoms with Gasteiger partial charge in [-0.15, -0.1) is 0 Å². The maximum atomic E-state index is 11.8. The van der Waals surface area contributed by atoms with E-state index in [1.165, 1.54) is 11.1 Å². The van der Waals surface area contributed by atoms with Crippen molar-refractivity contribution in [2.75, 3.05) is 0 Å². The lowest BCUT2D eigenvalue weighted by Crippen LogP contribution is -2.20. The first kappa shape index (κ1) is 9.55. The Labute approximate surface area is 94.7 Å². The van der Waals surface area contributed by atoms with Gasteiger partial charge in [0.2, 0.25) is 0 Å². The van der Waals surface area contributed by atoms with Gasteiger partial charge in [0.05, 0.1) is 6.04 Å². The van der Waals surface area contributed by atoms with Crippen molar-refractivity contribution in [3.63, 3.8) is 0 Å². The summed E-state index contributed by atoms with van der Waals surface area (Å²) in [4.78, 5) is 11.8. The molecule has 1 heterocycles. The molecule has 2 heteroatoms. The number of ketones is 1. The van der Waals surface area contributed by atoms with Crippen molar-refractivity contribution in [3.8, 4) is 0 Å². The number of rotatable bonds is 1. The predicted octanol–water partition coefficient (Wildman–Crippen LogP) is 2.09. The van der Waals surface area contributed by atoms with Gasteiger partial charge in [-0.25, -0.2) is 0 Å². The zero-order valence-corrected chi connectivity index (χ0v) is 8.86. The molecule has 2 aliphatic rings. The number of Topliss-reactive ketones (excluding diaryl/α,β-unsaturated/α-hetero) is 1. The van der Waals surface area contributed by atoms with Gasteiger partial charge in [0.25, 0.3) is 0 Å². The Morgan fingerprint density at radius 3 is 3.06 bits per heavy atom. The summed E-state index contributed by atoms with van der Waals surface area (Å²) in [6, 6.07) is 8.27. The number of benzene rings is 1. The second-order valence-electron chi connectivity index (χ2n) is 4.10. The summed E-state index contributed by atoms with van der Waals surface area (Å²) >= 11 is 0. The van der Waals surface area contributed by atoms with Crippen LogP contribution in [0.15, 0.2) is 42.0 Å². The lowest BCUT2D eigenvalue weighted by molar-refractivity contribution is -0.115. The number of nitrogens with one attached hydrogen (secondary N) is 1. The second kappa shape index (κ2) is 3.72. The molecule has 0 bridgehead atoms. The van der Waals surface area contributed by atoms with E-state index in [0.717, 1.165) is 12.1 Å². The van der Waals surface area contributed by atoms with Crippen LogP contribution in [-0.2, 0) is 11.3 Å². The minimum atomic E-state index is 0.0358. The fourth-order valence-electron chi connectivity index (χ4n) is 2.31. The van der Waals surface area contributed by atoms with Gasteiger partial charge in [-0.3, -0.25) is 4.79 Å². The van der Waals surface area contributed by atoms with Gasteiger partial charge in [0.15, 0.2) is 5.78 Å². The zero-order valence-electron chi connectivity index (χ0n) is 8.86. The Morgan fingerprint density at radius 2 is 2.19 bits per heavy atom. The van der Waals surface area contributed by atoms with E-state index in [1.807, 2.05) is 24.3 Å². The number of carbonyl (C=O) groups is 1. The fraction of sp³-hybridized carbons (Fsp3) is 0.214. The molecule has 1 N–H and O–H groups in total. The van der Waals surface area contributed by atoms with E-state index in [4.69, 9.17) is 0 Å². The average Bonchev–Trinajstić information content (AvgIpc) is 2.74. The number of hydrogen-bond donors (Lipinski definition) is 1. The Bertz CT molecular complexity index is 499. The first-order valence-corrected chi connectivity index (χ1v) is 5.49. The summed E-state index contributed by atoms with van der Waals surface area (Å²) < 4.78 is 0. The van der Waals surface area contributed by atoms with Crippen molar-refractivity contribution >= 4 is 5.78 Å². The molecule has 1 unspecified atom stereocenters. The van der Waals surface area contributed by atoms with Crippen LogP contribution in [0.2, 0.25) is 0 Å². The number of allylic oxidation sites excluding steroid dienone is 3. The molecule has 0 aromatic heterocycles. The van der Waals surface area contributed by atoms with Gasteiger partial charge >= 0.3 is 0 Å². The quantitative estimate of drug-likeness (QED) is 0.769. The molecular weight excluding hydrogens is 198 g/mol. The Kier molecular flexibility index (Phi) is 2.22. The average molecular weight is 210 g/mol. The number of fused-ring (bicyclic) bond motifs is 1. The van der Waals surface area contributed by atoms with Crippen LogP contribution in [-0.4, -0.2) is 5.78 Å². The summed E-state index contributed by atoms with van der Waals surface area (Å²) in [6.45, 7) is 0.836. The van der Waals surface area contributed by atoms with E-state index in [9.17, 15) is 4.79 Å². The number of hydrogen-bond acceptors (Lipinski definition) is 2. The molecule has 1 aliphatic heterocycles. The topological polar surface area (TPSA) is 29.1 Å². The van der Waals surface area contributed by atoms with E-state index < -0.39 is 0 Å². The third-order valence-corrected chi connectivity index (χ3v) is 3.11. The maximum Gasteiger partial charge on any atom is 0.165 e. The Morgan fingerprint density at radius 1 is 1.31 bits per heavy atom. The van der Waals surface area contributed by atoms with Crippen LogP contribution >= 0.6 is 0 Å². The van der Waals surface area contributed by atoms with Crippen LogP contribution < -0.4 is 5.32 Å². The van der Waals surface area contributed by atoms with Crippen molar-refractivity contribution in [2.45, 2.75) is 19.0 Å². The van der Waals surface area contributed by atoms with E-state index in [-0.39, 0.29) is 11.8 Å². The molecule has 2 nitrogen and oxygen atoms in total. The Balaban J connectivity index is 2.01. The second-order valence-corrected chi connectivity index (χ2v) is 4.10. The summed E-state index contributed by atoms with van der Waals surface area (Å²) in [5, 5.41) is 3.37. The van der Waals surface area contributed by atoms with Crippen LogP contribution in [0.1, 0.15) is 23.6 Å². The molecule has 1 atom stereocenters. The molecule has 0 fully saturated rings. The molecule has 0 spiro atoms. The van der Waals surface area contributed by atoms with E-state index in [0.29, 0.717) is 6.42 Å². The fourth-order valence-corrected chi connectivity index (χ4v) is 2.31. The molecule has 0 amide bonds. The van der Waals surface area contributed by atoms with E-state index >= 15 is 0 Å². The smallest absolute Gasteiger partial charge is 0.165 e. The van der Waals surface area contributed by atoms with Gasteiger partial charge in [-0.2, -0.15) is 0 Å². The van der Waals surface area contributed by atoms with Crippen LogP contribution in [0.5, 0.6) is 0 Å². The molecule has 3 rings (SSSR count). The minimum absolute atomic E-state index is 0.0358. The van der Waals surface area contributed by atoms with Crippen LogP contribution in [0, 0.1) is 6.08 Å². The van der Waals surface area contributed by atoms with Crippen LogP contribution in [0.4, 0.5) is 0 Å². The summed E-state index contributed by atoms with van der Waals surface area (Å²) in [5.74, 6) is 0.178. The third-order valence-electron chi connectivity index (χ3n) is 3.11. The highest BCUT2D eigenvalue weighted by atomic mass is 16.1. The highest BCUT2D eigenvalue weighted by Gasteiger charge is 2.28. The van der Waals surface area contributed by atoms with Crippen molar-refractivity contribution in [3.05, 3.63) is 59.2 Å². The predicted molar refractivity (Wildman–Crippen MR) is 61.5 cm³/mol. The first-order valence-electron chi connectivity index (χ1n) is 5.49. The third kappa shape index (κ3) is 1.42. The first-order chi connectivity index (χ1) is 7.86. The van der Waals surface area contributed by atoms with Crippen LogP contribution in [0.3, 0.4) is 0 Å². The maximum absolute atomic E-state index is 11.8. The van der Waals surface area contributed by atoms with E-state index in [2.05, 4.69) is 23.5 Å². The van der Waals surface area contributed by atoms with Gasteiger partial charge in [0.1, 0.15) is 0 Å². The molecule has 1 aliphatic carbocycles. The van der Waals surface area contributed by atoms with Gasteiger partial charge in [-0.1, -0.05) is 36.4 Å². The summed E-state index contributed by atoms with van der Waals surface area (Å²) in [6.07, 6.45) is 7.28. The molecular formula is C14H12NO.